The molecule has 0 aliphatic heterocycles. The zero-order valence-electron chi connectivity index (χ0n) is 9.58. The lowest BCUT2D eigenvalue weighted by Gasteiger charge is -2.32. The van der Waals surface area contributed by atoms with E-state index in [1.54, 1.807) is 0 Å². The maximum atomic E-state index is 10.4. The van der Waals surface area contributed by atoms with Crippen LogP contribution in [-0.2, 0) is 6.42 Å². The molecule has 2 heteroatoms. The average molecular weight is 283 g/mol. The molecule has 2 rings (SSSR count). The predicted molar refractivity (Wildman–Crippen MR) is 70.5 cm³/mol. The third-order valence-electron chi connectivity index (χ3n) is 3.55. The summed E-state index contributed by atoms with van der Waals surface area (Å²) in [6.07, 6.45) is 7.53. The minimum Gasteiger partial charge on any atom is -0.390 e. The van der Waals surface area contributed by atoms with Gasteiger partial charge in [-0.2, -0.15) is 0 Å². The van der Waals surface area contributed by atoms with Crippen molar-refractivity contribution >= 4 is 15.9 Å². The maximum Gasteiger partial charge on any atom is 0.0651 e. The summed E-state index contributed by atoms with van der Waals surface area (Å²) >= 11 is 3.48. The Hall–Kier alpha value is -0.340. The van der Waals surface area contributed by atoms with Crippen molar-refractivity contribution in [2.75, 3.05) is 0 Å². The standard InChI is InChI=1S/C14H19BrO/c15-13-6-4-5-12(11-13)7-10-14(16)8-2-1-3-9-14/h4-6,11,16H,1-3,7-10H2. The molecule has 0 radical (unpaired) electrons. The van der Waals surface area contributed by atoms with Crippen LogP contribution in [-0.4, -0.2) is 10.7 Å². The van der Waals surface area contributed by atoms with E-state index in [0.29, 0.717) is 0 Å². The van der Waals surface area contributed by atoms with Gasteiger partial charge >= 0.3 is 0 Å². The Balaban J connectivity index is 1.91. The molecule has 0 spiro atoms. The minimum atomic E-state index is -0.388. The lowest BCUT2D eigenvalue weighted by Crippen LogP contribution is -2.31. The molecule has 1 aliphatic carbocycles. The smallest absolute Gasteiger partial charge is 0.0651 e. The number of hydrogen-bond donors (Lipinski definition) is 1. The summed E-state index contributed by atoms with van der Waals surface area (Å²) < 4.78 is 1.13. The lowest BCUT2D eigenvalue weighted by molar-refractivity contribution is -0.00342. The molecular weight excluding hydrogens is 264 g/mol. The number of benzene rings is 1. The van der Waals surface area contributed by atoms with Gasteiger partial charge in [0.15, 0.2) is 0 Å². The highest BCUT2D eigenvalue weighted by molar-refractivity contribution is 9.10. The molecule has 1 fully saturated rings. The SMILES string of the molecule is OC1(CCc2cccc(Br)c2)CCCCC1. The second-order valence-corrected chi connectivity index (χ2v) is 5.83. The molecule has 0 saturated heterocycles. The van der Waals surface area contributed by atoms with Gasteiger partial charge in [-0.25, -0.2) is 0 Å². The van der Waals surface area contributed by atoms with Gasteiger partial charge in [0.05, 0.1) is 5.60 Å². The third-order valence-corrected chi connectivity index (χ3v) is 4.05. The van der Waals surface area contributed by atoms with Crippen molar-refractivity contribution in [1.82, 2.24) is 0 Å². The number of rotatable bonds is 3. The van der Waals surface area contributed by atoms with Crippen LogP contribution in [0.4, 0.5) is 0 Å². The first-order valence-electron chi connectivity index (χ1n) is 6.15. The first-order valence-corrected chi connectivity index (χ1v) is 6.94. The predicted octanol–water partition coefficient (Wildman–Crippen LogP) is 4.08. The molecular formula is C14H19BrO. The van der Waals surface area contributed by atoms with Crippen LogP contribution < -0.4 is 0 Å². The quantitative estimate of drug-likeness (QED) is 0.886. The van der Waals surface area contributed by atoms with Gasteiger partial charge in [-0.15, -0.1) is 0 Å². The molecule has 0 heterocycles. The van der Waals surface area contributed by atoms with Gasteiger partial charge in [0.1, 0.15) is 0 Å². The fourth-order valence-corrected chi connectivity index (χ4v) is 2.98. The Kier molecular flexibility index (Phi) is 4.04. The van der Waals surface area contributed by atoms with Crippen molar-refractivity contribution in [2.45, 2.75) is 50.5 Å². The van der Waals surface area contributed by atoms with Gasteiger partial charge < -0.3 is 5.11 Å². The van der Waals surface area contributed by atoms with Gasteiger partial charge in [-0.05, 0) is 43.4 Å². The van der Waals surface area contributed by atoms with Crippen molar-refractivity contribution in [1.29, 1.82) is 0 Å². The highest BCUT2D eigenvalue weighted by Gasteiger charge is 2.28. The molecule has 1 N–H and O–H groups in total. The Labute approximate surface area is 106 Å². The van der Waals surface area contributed by atoms with Crippen LogP contribution in [0.15, 0.2) is 28.7 Å². The average Bonchev–Trinajstić information content (AvgIpc) is 2.28. The van der Waals surface area contributed by atoms with Crippen LogP contribution in [0.5, 0.6) is 0 Å². The Morgan fingerprint density at radius 3 is 2.62 bits per heavy atom. The highest BCUT2D eigenvalue weighted by Crippen LogP contribution is 2.32. The van der Waals surface area contributed by atoms with Gasteiger partial charge in [-0.3, -0.25) is 0 Å². The molecule has 1 nitrogen and oxygen atoms in total. The highest BCUT2D eigenvalue weighted by atomic mass is 79.9. The zero-order valence-corrected chi connectivity index (χ0v) is 11.2. The van der Waals surface area contributed by atoms with Crippen molar-refractivity contribution < 1.29 is 5.11 Å². The van der Waals surface area contributed by atoms with E-state index in [9.17, 15) is 5.11 Å². The van der Waals surface area contributed by atoms with E-state index < -0.39 is 0 Å². The van der Waals surface area contributed by atoms with E-state index in [2.05, 4.69) is 34.1 Å². The Morgan fingerprint density at radius 2 is 1.94 bits per heavy atom. The Bertz CT molecular complexity index is 342. The summed E-state index contributed by atoms with van der Waals surface area (Å²) in [5, 5.41) is 10.4. The van der Waals surface area contributed by atoms with Gasteiger partial charge in [0, 0.05) is 4.47 Å². The van der Waals surface area contributed by atoms with Gasteiger partial charge in [-0.1, -0.05) is 47.3 Å². The summed E-state index contributed by atoms with van der Waals surface area (Å²) in [6.45, 7) is 0. The van der Waals surface area contributed by atoms with Crippen LogP contribution >= 0.6 is 15.9 Å². The van der Waals surface area contributed by atoms with Crippen LogP contribution in [0.3, 0.4) is 0 Å². The number of hydrogen-bond acceptors (Lipinski definition) is 1. The molecule has 1 saturated carbocycles. The zero-order chi connectivity index (χ0) is 11.4. The molecule has 16 heavy (non-hydrogen) atoms. The molecule has 1 aromatic carbocycles. The van der Waals surface area contributed by atoms with E-state index in [1.807, 2.05) is 6.07 Å². The van der Waals surface area contributed by atoms with E-state index in [0.717, 1.165) is 30.2 Å². The molecule has 1 aliphatic rings. The topological polar surface area (TPSA) is 20.2 Å². The van der Waals surface area contributed by atoms with Crippen LogP contribution in [0.2, 0.25) is 0 Å². The monoisotopic (exact) mass is 282 g/mol. The van der Waals surface area contributed by atoms with Crippen molar-refractivity contribution in [3.63, 3.8) is 0 Å². The second-order valence-electron chi connectivity index (χ2n) is 4.91. The lowest BCUT2D eigenvalue weighted by atomic mass is 9.81. The van der Waals surface area contributed by atoms with Crippen molar-refractivity contribution in [3.8, 4) is 0 Å². The number of aryl methyl sites for hydroxylation is 1. The first kappa shape index (κ1) is 12.1. The van der Waals surface area contributed by atoms with Crippen molar-refractivity contribution in [3.05, 3.63) is 34.3 Å². The normalized spacial score (nSPS) is 19.6. The molecule has 0 amide bonds. The van der Waals surface area contributed by atoms with Crippen LogP contribution in [0.25, 0.3) is 0 Å². The second kappa shape index (κ2) is 5.33. The maximum absolute atomic E-state index is 10.4. The van der Waals surface area contributed by atoms with Crippen LogP contribution in [0.1, 0.15) is 44.1 Å². The Morgan fingerprint density at radius 1 is 1.19 bits per heavy atom. The summed E-state index contributed by atoms with van der Waals surface area (Å²) in [5.74, 6) is 0. The van der Waals surface area contributed by atoms with Gasteiger partial charge in [0.25, 0.3) is 0 Å². The summed E-state index contributed by atoms with van der Waals surface area (Å²) in [5.41, 5.74) is 0.925. The van der Waals surface area contributed by atoms with Gasteiger partial charge in [0.2, 0.25) is 0 Å². The molecule has 88 valence electrons. The summed E-state index contributed by atoms with van der Waals surface area (Å²) in [4.78, 5) is 0. The fraction of sp³-hybridized carbons (Fsp3) is 0.571. The third kappa shape index (κ3) is 3.33. The van der Waals surface area contributed by atoms with Crippen molar-refractivity contribution in [2.24, 2.45) is 0 Å². The van der Waals surface area contributed by atoms with E-state index in [1.165, 1.54) is 24.8 Å². The minimum absolute atomic E-state index is 0.388. The van der Waals surface area contributed by atoms with E-state index in [-0.39, 0.29) is 5.60 Å². The number of halogens is 1. The first-order chi connectivity index (χ1) is 7.68. The largest absolute Gasteiger partial charge is 0.390 e. The molecule has 0 unspecified atom stereocenters. The molecule has 1 aromatic rings. The molecule has 0 atom stereocenters. The van der Waals surface area contributed by atoms with E-state index in [4.69, 9.17) is 0 Å². The summed E-state index contributed by atoms with van der Waals surface area (Å²) in [7, 11) is 0. The summed E-state index contributed by atoms with van der Waals surface area (Å²) in [6, 6.07) is 8.38. The molecule has 0 aromatic heterocycles. The van der Waals surface area contributed by atoms with Crippen LogP contribution in [0, 0.1) is 0 Å². The number of aliphatic hydroxyl groups is 1. The molecule has 0 bridgehead atoms. The fourth-order valence-electron chi connectivity index (χ4n) is 2.53. The van der Waals surface area contributed by atoms with E-state index >= 15 is 0 Å².